The molecule has 4 aromatic carbocycles. The Hall–Kier alpha value is -4.34. The molecule has 0 radical (unpaired) electrons. The first-order valence-electron chi connectivity index (χ1n) is 18.1. The van der Waals surface area contributed by atoms with E-state index in [4.69, 9.17) is 9.72 Å². The van der Waals surface area contributed by atoms with Crippen LogP contribution in [0.1, 0.15) is 103 Å². The van der Waals surface area contributed by atoms with Crippen molar-refractivity contribution in [2.45, 2.75) is 91.9 Å². The van der Waals surface area contributed by atoms with E-state index in [-0.39, 0.29) is 31.9 Å². The van der Waals surface area contributed by atoms with Crippen molar-refractivity contribution in [3.8, 4) is 17.3 Å². The van der Waals surface area contributed by atoms with Gasteiger partial charge in [0.1, 0.15) is 5.82 Å². The summed E-state index contributed by atoms with van der Waals surface area (Å²) in [6.45, 7) is 24.5. The predicted octanol–water partition coefficient (Wildman–Crippen LogP) is 12.3. The second kappa shape index (κ2) is 14.2. The van der Waals surface area contributed by atoms with Gasteiger partial charge in [0.05, 0.1) is 0 Å². The standard InChI is InChI=1S/C46H49N4O.Pt/c1-30(2)32-15-18-41(40(23-32)31(3)4)49-22-21-48(29-49)35-24-34(46(8,9)10)25-37(27-35)51-36-16-17-39-38-13-11-12-14-42(38)50(43(39)28-36)44-26-33(19-20-47-44)45(5,6)7;/h11-26,29-31H,1-10H3;/q-3;. The quantitative estimate of drug-likeness (QED) is 0.150. The number of pyridine rings is 1. The first-order valence-corrected chi connectivity index (χ1v) is 18.1. The maximum absolute atomic E-state index is 6.66. The Bertz CT molecular complexity index is 2270. The van der Waals surface area contributed by atoms with Crippen LogP contribution in [0.2, 0.25) is 0 Å². The van der Waals surface area contributed by atoms with Crippen LogP contribution >= 0.6 is 0 Å². The van der Waals surface area contributed by atoms with Gasteiger partial charge in [-0.1, -0.05) is 105 Å². The molecule has 0 atom stereocenters. The topological polar surface area (TPSA) is 33.5 Å². The number of ether oxygens (including phenoxy) is 1. The van der Waals surface area contributed by atoms with E-state index < -0.39 is 0 Å². The molecular formula is C46H49N4OPt-3. The van der Waals surface area contributed by atoms with Gasteiger partial charge in [-0.05, 0) is 81.4 Å². The molecule has 3 heterocycles. The minimum Gasteiger partial charge on any atom is -0.509 e. The molecular weight excluding hydrogens is 820 g/mol. The number of para-hydroxylation sites is 1. The number of aromatic nitrogens is 2. The molecule has 0 fully saturated rings. The van der Waals surface area contributed by atoms with E-state index >= 15 is 0 Å². The van der Waals surface area contributed by atoms with Gasteiger partial charge in [0.15, 0.2) is 0 Å². The van der Waals surface area contributed by atoms with E-state index in [2.05, 4.69) is 188 Å². The van der Waals surface area contributed by atoms with Crippen molar-refractivity contribution in [3.63, 3.8) is 0 Å². The van der Waals surface area contributed by atoms with Gasteiger partial charge < -0.3 is 19.1 Å². The monoisotopic (exact) mass is 868 g/mol. The van der Waals surface area contributed by atoms with E-state index in [1.807, 2.05) is 12.3 Å². The summed E-state index contributed by atoms with van der Waals surface area (Å²) in [7, 11) is 0. The Morgan fingerprint density at radius 2 is 1.42 bits per heavy atom. The Morgan fingerprint density at radius 3 is 2.13 bits per heavy atom. The molecule has 0 saturated carbocycles. The van der Waals surface area contributed by atoms with Gasteiger partial charge in [-0.2, -0.15) is 6.07 Å². The fourth-order valence-electron chi connectivity index (χ4n) is 6.72. The van der Waals surface area contributed by atoms with Crippen molar-refractivity contribution < 1.29 is 25.8 Å². The zero-order valence-electron chi connectivity index (χ0n) is 32.0. The number of hydrogen-bond acceptors (Lipinski definition) is 4. The third-order valence-corrected chi connectivity index (χ3v) is 9.85. The summed E-state index contributed by atoms with van der Waals surface area (Å²) in [5.74, 6) is 3.02. The van der Waals surface area contributed by atoms with Gasteiger partial charge in [0.25, 0.3) is 0 Å². The molecule has 7 rings (SSSR count). The maximum atomic E-state index is 6.66. The molecule has 6 aromatic rings. The molecule has 0 unspecified atom stereocenters. The first-order chi connectivity index (χ1) is 24.2. The smallest absolute Gasteiger partial charge is 0.135 e. The third kappa shape index (κ3) is 7.30. The van der Waals surface area contributed by atoms with Crippen molar-refractivity contribution in [2.24, 2.45) is 0 Å². The average Bonchev–Trinajstić information content (AvgIpc) is 3.70. The van der Waals surface area contributed by atoms with E-state index in [0.717, 1.165) is 38.9 Å². The van der Waals surface area contributed by atoms with Crippen molar-refractivity contribution in [1.82, 2.24) is 9.55 Å². The van der Waals surface area contributed by atoms with Gasteiger partial charge in [-0.3, -0.25) is 0 Å². The molecule has 272 valence electrons. The van der Waals surface area contributed by atoms with Crippen molar-refractivity contribution in [2.75, 3.05) is 9.80 Å². The predicted molar refractivity (Wildman–Crippen MR) is 213 cm³/mol. The van der Waals surface area contributed by atoms with Crippen molar-refractivity contribution in [3.05, 3.63) is 139 Å². The van der Waals surface area contributed by atoms with E-state index in [0.29, 0.717) is 23.3 Å². The summed E-state index contributed by atoms with van der Waals surface area (Å²) < 4.78 is 8.86. The van der Waals surface area contributed by atoms with Gasteiger partial charge in [-0.25, -0.2) is 4.98 Å². The fraction of sp³-hybridized carbons (Fsp3) is 0.304. The van der Waals surface area contributed by atoms with Crippen LogP contribution in [0.5, 0.6) is 11.5 Å². The van der Waals surface area contributed by atoms with Crippen LogP contribution in [-0.4, -0.2) is 9.55 Å². The number of benzene rings is 4. The van der Waals surface area contributed by atoms with Gasteiger partial charge in [0.2, 0.25) is 0 Å². The number of nitrogens with zero attached hydrogens (tertiary/aromatic N) is 4. The van der Waals surface area contributed by atoms with Crippen molar-refractivity contribution >= 4 is 33.2 Å². The van der Waals surface area contributed by atoms with Gasteiger partial charge >= 0.3 is 0 Å². The summed E-state index contributed by atoms with van der Waals surface area (Å²) in [6, 6.07) is 35.3. The SMILES string of the molecule is CC(C)c1ccc(N2C=CN(c3[c-]c(Oc4[c-]c5c(cc4)c4ccccc4n5-c4cc(C(C)(C)C)ccn4)cc(C(C)(C)C)c3)[CH-]2)c(C(C)C)c1.[Pt]. The van der Waals surface area contributed by atoms with Crippen LogP contribution in [0, 0.1) is 18.8 Å². The number of anilines is 2. The molecule has 0 saturated heterocycles. The molecule has 52 heavy (non-hydrogen) atoms. The molecule has 0 amide bonds. The molecule has 5 nitrogen and oxygen atoms in total. The Morgan fingerprint density at radius 1 is 0.692 bits per heavy atom. The van der Waals surface area contributed by atoms with Crippen LogP contribution < -0.4 is 14.5 Å². The molecule has 2 aromatic heterocycles. The second-order valence-electron chi connectivity index (χ2n) is 16.4. The molecule has 0 bridgehead atoms. The van der Waals surface area contributed by atoms with Crippen molar-refractivity contribution in [1.29, 1.82) is 0 Å². The fourth-order valence-corrected chi connectivity index (χ4v) is 6.72. The second-order valence-corrected chi connectivity index (χ2v) is 16.4. The van der Waals surface area contributed by atoms with Crippen LogP contribution in [0.15, 0.2) is 97.5 Å². The largest absolute Gasteiger partial charge is 0.509 e. The molecule has 0 spiro atoms. The number of fused-ring (bicyclic) bond motifs is 3. The average molecular weight is 869 g/mol. The summed E-state index contributed by atoms with van der Waals surface area (Å²) in [4.78, 5) is 9.17. The summed E-state index contributed by atoms with van der Waals surface area (Å²) in [5, 5.41) is 2.26. The van der Waals surface area contributed by atoms with Crippen LogP contribution in [0.3, 0.4) is 0 Å². The molecule has 1 aliphatic heterocycles. The van der Waals surface area contributed by atoms with Gasteiger partial charge in [-0.15, -0.1) is 53.6 Å². The Labute approximate surface area is 324 Å². The normalized spacial score (nSPS) is 13.5. The minimum absolute atomic E-state index is 0. The first kappa shape index (κ1) is 37.4. The van der Waals surface area contributed by atoms with E-state index in [1.54, 1.807) is 0 Å². The third-order valence-electron chi connectivity index (χ3n) is 9.85. The van der Waals surface area contributed by atoms with Crippen LogP contribution in [-0.2, 0) is 31.9 Å². The Balaban J connectivity index is 0.00000464. The summed E-state index contributed by atoms with van der Waals surface area (Å²) >= 11 is 0. The number of hydrogen-bond donors (Lipinski definition) is 0. The Kier molecular flexibility index (Phi) is 10.2. The van der Waals surface area contributed by atoms with E-state index in [1.165, 1.54) is 22.4 Å². The molecule has 0 N–H and O–H groups in total. The molecule has 0 aliphatic carbocycles. The molecule has 6 heteroatoms. The summed E-state index contributed by atoms with van der Waals surface area (Å²) in [5.41, 5.74) is 9.10. The van der Waals surface area contributed by atoms with Gasteiger partial charge in [0, 0.05) is 50.0 Å². The minimum atomic E-state index is -0.105. The zero-order chi connectivity index (χ0) is 36.2. The molecule has 1 aliphatic rings. The zero-order valence-corrected chi connectivity index (χ0v) is 34.3. The van der Waals surface area contributed by atoms with Crippen LogP contribution in [0.25, 0.3) is 27.6 Å². The maximum Gasteiger partial charge on any atom is 0.135 e. The number of rotatable bonds is 7. The van der Waals surface area contributed by atoms with Crippen LogP contribution in [0.4, 0.5) is 11.4 Å². The summed E-state index contributed by atoms with van der Waals surface area (Å²) in [6.07, 6.45) is 6.12. The van der Waals surface area contributed by atoms with E-state index in [9.17, 15) is 0 Å².